The van der Waals surface area contributed by atoms with Crippen LogP contribution in [-0.2, 0) is 6.54 Å². The summed E-state index contributed by atoms with van der Waals surface area (Å²) in [5, 5.41) is 0. The molecule has 0 radical (unpaired) electrons. The van der Waals surface area contributed by atoms with Crippen molar-refractivity contribution < 1.29 is 0 Å². The number of aromatic nitrogens is 2. The number of rotatable bonds is 2. The molecule has 2 rings (SSSR count). The Bertz CT molecular complexity index is 436. The number of nitrogens with zero attached hydrogens (tertiary/aromatic N) is 2. The Morgan fingerprint density at radius 1 is 1.43 bits per heavy atom. The molecule has 0 fully saturated rings. The van der Waals surface area contributed by atoms with Gasteiger partial charge in [-0.1, -0.05) is 6.07 Å². The summed E-state index contributed by atoms with van der Waals surface area (Å²) in [6.45, 7) is 0.483. The molecule has 0 amide bonds. The van der Waals surface area contributed by atoms with Crippen molar-refractivity contribution in [2.75, 3.05) is 0 Å². The normalized spacial score (nSPS) is 10.4. The van der Waals surface area contributed by atoms with Gasteiger partial charge in [0.2, 0.25) is 0 Å². The Kier molecular flexibility index (Phi) is 2.83. The highest BCUT2D eigenvalue weighted by atomic mass is 127. The molecule has 0 atom stereocenters. The Labute approximate surface area is 96.1 Å². The van der Waals surface area contributed by atoms with E-state index in [-0.39, 0.29) is 0 Å². The summed E-state index contributed by atoms with van der Waals surface area (Å²) in [4.78, 5) is 4.18. The van der Waals surface area contributed by atoms with Crippen molar-refractivity contribution >= 4 is 22.6 Å². The van der Waals surface area contributed by atoms with E-state index in [1.807, 2.05) is 22.9 Å². The molecule has 0 saturated heterocycles. The minimum Gasteiger partial charge on any atom is -0.325 e. The van der Waals surface area contributed by atoms with Gasteiger partial charge in [-0.05, 0) is 40.8 Å². The van der Waals surface area contributed by atoms with Crippen LogP contribution in [0, 0.1) is 3.57 Å². The van der Waals surface area contributed by atoms with Gasteiger partial charge in [-0.25, -0.2) is 4.98 Å². The van der Waals surface area contributed by atoms with Crippen LogP contribution in [0.3, 0.4) is 0 Å². The van der Waals surface area contributed by atoms with Crippen LogP contribution in [0.5, 0.6) is 0 Å². The van der Waals surface area contributed by atoms with E-state index in [4.69, 9.17) is 5.73 Å². The third-order valence-electron chi connectivity index (χ3n) is 1.95. The first-order valence-electron chi connectivity index (χ1n) is 4.28. The van der Waals surface area contributed by atoms with E-state index in [1.54, 1.807) is 6.33 Å². The quantitative estimate of drug-likeness (QED) is 0.861. The molecule has 0 aliphatic rings. The van der Waals surface area contributed by atoms with Crippen molar-refractivity contribution in [1.29, 1.82) is 0 Å². The molecule has 72 valence electrons. The highest BCUT2D eigenvalue weighted by Gasteiger charge is 1.99. The minimum atomic E-state index is 0.483. The number of nitrogens with two attached hydrogens (primary N) is 1. The summed E-state index contributed by atoms with van der Waals surface area (Å²) in [6, 6.07) is 8.23. The smallest absolute Gasteiger partial charge is 0.0995 e. The standard InChI is InChI=1S/C10H10IN3/c11-8-2-1-3-10(4-8)14-6-9(5-12)13-7-14/h1-4,6-7H,5,12H2. The lowest BCUT2D eigenvalue weighted by Gasteiger charge is -2.01. The van der Waals surface area contributed by atoms with Crippen LogP contribution in [0.15, 0.2) is 36.8 Å². The van der Waals surface area contributed by atoms with Crippen molar-refractivity contribution in [3.8, 4) is 5.69 Å². The Morgan fingerprint density at radius 2 is 2.29 bits per heavy atom. The maximum atomic E-state index is 5.49. The Morgan fingerprint density at radius 3 is 2.93 bits per heavy atom. The van der Waals surface area contributed by atoms with E-state index in [2.05, 4.69) is 39.7 Å². The van der Waals surface area contributed by atoms with Gasteiger partial charge < -0.3 is 10.3 Å². The number of imidazole rings is 1. The van der Waals surface area contributed by atoms with Gasteiger partial charge in [-0.3, -0.25) is 0 Å². The number of hydrogen-bond acceptors (Lipinski definition) is 2. The van der Waals surface area contributed by atoms with E-state index in [0.717, 1.165) is 11.4 Å². The summed E-state index contributed by atoms with van der Waals surface area (Å²) in [5.74, 6) is 0. The van der Waals surface area contributed by atoms with Crippen LogP contribution in [0.2, 0.25) is 0 Å². The van der Waals surface area contributed by atoms with Crippen molar-refractivity contribution in [2.24, 2.45) is 5.73 Å². The maximum Gasteiger partial charge on any atom is 0.0995 e. The SMILES string of the molecule is NCc1cn(-c2cccc(I)c2)cn1. The largest absolute Gasteiger partial charge is 0.325 e. The van der Waals surface area contributed by atoms with Crippen molar-refractivity contribution in [1.82, 2.24) is 9.55 Å². The molecule has 2 N–H and O–H groups in total. The number of halogens is 1. The highest BCUT2D eigenvalue weighted by Crippen LogP contribution is 2.12. The van der Waals surface area contributed by atoms with Gasteiger partial charge in [-0.2, -0.15) is 0 Å². The van der Waals surface area contributed by atoms with Gasteiger partial charge in [0.25, 0.3) is 0 Å². The lowest BCUT2D eigenvalue weighted by atomic mass is 10.3. The first kappa shape index (κ1) is 9.67. The molecule has 0 bridgehead atoms. The fourth-order valence-electron chi connectivity index (χ4n) is 1.25. The highest BCUT2D eigenvalue weighted by molar-refractivity contribution is 14.1. The molecule has 0 saturated carbocycles. The predicted octanol–water partition coefficient (Wildman–Crippen LogP) is 1.94. The van der Waals surface area contributed by atoms with Gasteiger partial charge in [0.05, 0.1) is 12.0 Å². The molecule has 0 aliphatic carbocycles. The van der Waals surface area contributed by atoms with E-state index in [1.165, 1.54) is 3.57 Å². The average molecular weight is 299 g/mol. The molecular weight excluding hydrogens is 289 g/mol. The molecule has 1 aromatic heterocycles. The summed E-state index contributed by atoms with van der Waals surface area (Å²) >= 11 is 2.29. The average Bonchev–Trinajstić information content (AvgIpc) is 2.66. The van der Waals surface area contributed by atoms with Gasteiger partial charge in [-0.15, -0.1) is 0 Å². The van der Waals surface area contributed by atoms with Crippen LogP contribution in [0.1, 0.15) is 5.69 Å². The molecule has 14 heavy (non-hydrogen) atoms. The first-order chi connectivity index (χ1) is 6.79. The fraction of sp³-hybridized carbons (Fsp3) is 0.100. The molecule has 0 spiro atoms. The zero-order valence-corrected chi connectivity index (χ0v) is 9.68. The molecular formula is C10H10IN3. The van der Waals surface area contributed by atoms with Gasteiger partial charge in [0, 0.05) is 22.0 Å². The fourth-order valence-corrected chi connectivity index (χ4v) is 1.77. The van der Waals surface area contributed by atoms with E-state index < -0.39 is 0 Å². The molecule has 1 aromatic carbocycles. The number of hydrogen-bond donors (Lipinski definition) is 1. The second kappa shape index (κ2) is 4.10. The van der Waals surface area contributed by atoms with Gasteiger partial charge in [0.1, 0.15) is 0 Å². The summed E-state index contributed by atoms with van der Waals surface area (Å²) < 4.78 is 3.19. The molecule has 0 aliphatic heterocycles. The van der Waals surface area contributed by atoms with Crippen LogP contribution in [0.25, 0.3) is 5.69 Å². The lowest BCUT2D eigenvalue weighted by Crippen LogP contribution is -1.95. The Hall–Kier alpha value is -0.880. The van der Waals surface area contributed by atoms with E-state index in [0.29, 0.717) is 6.54 Å². The monoisotopic (exact) mass is 299 g/mol. The predicted molar refractivity (Wildman–Crippen MR) is 64.2 cm³/mol. The van der Waals surface area contributed by atoms with E-state index in [9.17, 15) is 0 Å². The summed E-state index contributed by atoms with van der Waals surface area (Å²) in [5.41, 5.74) is 7.52. The van der Waals surface area contributed by atoms with Crippen LogP contribution in [-0.4, -0.2) is 9.55 Å². The summed E-state index contributed by atoms with van der Waals surface area (Å²) in [7, 11) is 0. The third kappa shape index (κ3) is 1.96. The molecule has 4 heteroatoms. The van der Waals surface area contributed by atoms with Crippen molar-refractivity contribution in [3.05, 3.63) is 46.1 Å². The second-order valence-electron chi connectivity index (χ2n) is 2.96. The zero-order chi connectivity index (χ0) is 9.97. The molecule has 1 heterocycles. The van der Waals surface area contributed by atoms with Crippen molar-refractivity contribution in [2.45, 2.75) is 6.54 Å². The van der Waals surface area contributed by atoms with Crippen LogP contribution < -0.4 is 5.73 Å². The zero-order valence-electron chi connectivity index (χ0n) is 7.52. The van der Waals surface area contributed by atoms with Crippen LogP contribution >= 0.6 is 22.6 Å². The third-order valence-corrected chi connectivity index (χ3v) is 2.62. The van der Waals surface area contributed by atoms with E-state index >= 15 is 0 Å². The molecule has 3 nitrogen and oxygen atoms in total. The second-order valence-corrected chi connectivity index (χ2v) is 4.20. The Balaban J connectivity index is 2.39. The van der Waals surface area contributed by atoms with Gasteiger partial charge in [0.15, 0.2) is 0 Å². The topological polar surface area (TPSA) is 43.8 Å². The maximum absolute atomic E-state index is 5.49. The minimum absolute atomic E-state index is 0.483. The molecule has 0 unspecified atom stereocenters. The van der Waals surface area contributed by atoms with Crippen molar-refractivity contribution in [3.63, 3.8) is 0 Å². The number of benzene rings is 1. The molecule has 2 aromatic rings. The summed E-state index contributed by atoms with van der Waals surface area (Å²) in [6.07, 6.45) is 3.74. The first-order valence-corrected chi connectivity index (χ1v) is 5.36. The van der Waals surface area contributed by atoms with Gasteiger partial charge >= 0.3 is 0 Å². The van der Waals surface area contributed by atoms with Crippen LogP contribution in [0.4, 0.5) is 0 Å². The lowest BCUT2D eigenvalue weighted by molar-refractivity contribution is 1.01.